The smallest absolute Gasteiger partial charge is 0.251 e. The predicted octanol–water partition coefficient (Wildman–Crippen LogP) is 7.67. The van der Waals surface area contributed by atoms with E-state index in [1.54, 1.807) is 71.6 Å². The summed E-state index contributed by atoms with van der Waals surface area (Å²) in [6.07, 6.45) is 11.7. The highest BCUT2D eigenvalue weighted by atomic mass is 32.2. The van der Waals surface area contributed by atoms with Crippen LogP contribution < -0.4 is 31.9 Å². The molecule has 80 heavy (non-hydrogen) atoms. The van der Waals surface area contributed by atoms with E-state index in [0.29, 0.717) is 6.42 Å². The first-order valence-corrected chi connectivity index (χ1v) is 31.6. The molecule has 4 aliphatic heterocycles. The Bertz CT molecular complexity index is 2550. The average molecular weight is 1130 g/mol. The lowest BCUT2D eigenvalue weighted by Gasteiger charge is -2.35. The Morgan fingerprint density at radius 1 is 0.575 bits per heavy atom. The Balaban J connectivity index is 0.896. The topological polar surface area (TPSA) is 215 Å². The highest BCUT2D eigenvalue weighted by Crippen LogP contribution is 2.40. The van der Waals surface area contributed by atoms with Crippen LogP contribution in [-0.4, -0.2) is 125 Å². The molecule has 430 valence electrons. The number of hydrogen-bond donors (Lipinski definition) is 6. The maximum atomic E-state index is 15.0. The molecule has 7 amide bonds. The predicted molar refractivity (Wildman–Crippen MR) is 311 cm³/mol. The highest BCUT2D eigenvalue weighted by Gasteiger charge is 2.47. The zero-order valence-corrected chi connectivity index (χ0v) is 48.6. The van der Waals surface area contributed by atoms with Crippen molar-refractivity contribution in [2.24, 2.45) is 23.7 Å². The van der Waals surface area contributed by atoms with E-state index < -0.39 is 54.0 Å². The van der Waals surface area contributed by atoms with Crippen LogP contribution in [0.3, 0.4) is 0 Å². The SMILES string of the molecule is CC[C@@H](C)C(=O)N[C@H](C(=O)N1C[C@@H](NC(=O)c2ccc(C(=O)N[C@H]3C[C@@H](C(=O)N[C@H]4CCSc5ccccc54)N(C(=O)[C@@H](CC(=O)[C@H](C)NC)C4CCCCC4)C3)cc2)C[C@H]1C(=O)N[C@H]1CCSc2ccccc21)C1CCCCC1. The number of carbonyl (C=O) groups excluding carboxylic acids is 8. The van der Waals surface area contributed by atoms with Gasteiger partial charge in [-0.15, -0.1) is 23.5 Å². The van der Waals surface area contributed by atoms with Gasteiger partial charge in [0.1, 0.15) is 23.9 Å². The molecule has 18 heteroatoms. The van der Waals surface area contributed by atoms with Gasteiger partial charge in [0.25, 0.3) is 11.8 Å². The molecule has 2 saturated carbocycles. The Kier molecular flexibility index (Phi) is 20.2. The summed E-state index contributed by atoms with van der Waals surface area (Å²) in [4.78, 5) is 120. The van der Waals surface area contributed by atoms with Crippen molar-refractivity contribution < 1.29 is 38.4 Å². The average Bonchev–Trinajstić information content (AvgIpc) is 4.12. The molecular formula is C62H82N8O8S2. The van der Waals surface area contributed by atoms with Crippen LogP contribution in [0.2, 0.25) is 0 Å². The minimum absolute atomic E-state index is 0.00657. The number of likely N-dealkylation sites (tertiary alicyclic amines) is 2. The van der Waals surface area contributed by atoms with Crippen molar-refractivity contribution in [1.29, 1.82) is 0 Å². The minimum atomic E-state index is -0.898. The molecule has 3 aromatic carbocycles. The molecule has 0 aromatic heterocycles. The molecule has 2 aliphatic carbocycles. The maximum absolute atomic E-state index is 15.0. The summed E-state index contributed by atoms with van der Waals surface area (Å²) < 4.78 is 0. The van der Waals surface area contributed by atoms with Crippen LogP contribution in [0.25, 0.3) is 0 Å². The van der Waals surface area contributed by atoms with Crippen LogP contribution in [0.1, 0.15) is 167 Å². The third kappa shape index (κ3) is 13.9. The number of rotatable bonds is 19. The number of hydrogen-bond acceptors (Lipinski definition) is 11. The van der Waals surface area contributed by atoms with E-state index in [1.165, 1.54) is 0 Å². The number of thioether (sulfide) groups is 2. The fourth-order valence-corrected chi connectivity index (χ4v) is 15.2. The Morgan fingerprint density at radius 3 is 1.51 bits per heavy atom. The number of likely N-dealkylation sites (N-methyl/N-ethyl adjacent to an activating group) is 1. The summed E-state index contributed by atoms with van der Waals surface area (Å²) in [6, 6.07) is 17.6. The van der Waals surface area contributed by atoms with Crippen molar-refractivity contribution in [3.63, 3.8) is 0 Å². The van der Waals surface area contributed by atoms with Gasteiger partial charge >= 0.3 is 0 Å². The third-order valence-electron chi connectivity index (χ3n) is 18.0. The van der Waals surface area contributed by atoms with E-state index in [9.17, 15) is 38.4 Å². The van der Waals surface area contributed by atoms with E-state index >= 15 is 0 Å². The normalized spacial score (nSPS) is 24.7. The zero-order chi connectivity index (χ0) is 56.5. The number of amides is 7. The molecule has 4 fully saturated rings. The number of nitrogens with zero attached hydrogens (tertiary/aromatic N) is 2. The molecule has 2 saturated heterocycles. The minimum Gasteiger partial charge on any atom is -0.347 e. The number of nitrogens with one attached hydrogen (secondary N) is 6. The van der Waals surface area contributed by atoms with Gasteiger partial charge in [-0.2, -0.15) is 0 Å². The molecule has 3 aromatic rings. The molecular weight excluding hydrogens is 1050 g/mol. The summed E-state index contributed by atoms with van der Waals surface area (Å²) in [5.74, 6) is -1.53. The van der Waals surface area contributed by atoms with Crippen molar-refractivity contribution in [2.75, 3.05) is 31.6 Å². The lowest BCUT2D eigenvalue weighted by atomic mass is 9.76. The quantitative estimate of drug-likeness (QED) is 0.0685. The van der Waals surface area contributed by atoms with Gasteiger partial charge in [0.15, 0.2) is 0 Å². The molecule has 0 bridgehead atoms. The van der Waals surface area contributed by atoms with Gasteiger partial charge in [-0.05, 0) is 131 Å². The molecule has 6 N–H and O–H groups in total. The van der Waals surface area contributed by atoms with Crippen molar-refractivity contribution in [3.05, 3.63) is 95.1 Å². The van der Waals surface area contributed by atoms with Crippen molar-refractivity contribution in [3.8, 4) is 0 Å². The van der Waals surface area contributed by atoms with Gasteiger partial charge in [0.05, 0.1) is 18.1 Å². The molecule has 6 aliphatic rings. The summed E-state index contributed by atoms with van der Waals surface area (Å²) in [5, 5.41) is 18.9. The van der Waals surface area contributed by atoms with Crippen molar-refractivity contribution in [1.82, 2.24) is 41.7 Å². The number of carbonyl (C=O) groups is 8. The van der Waals surface area contributed by atoms with Gasteiger partial charge in [-0.1, -0.05) is 88.8 Å². The standard InChI is InChI=1S/C62H82N8O8S2/c1-5-37(2)56(72)68-55(40-18-10-7-11-19-40)62(78)70-36-44(33-51(70)60(76)67-49-29-31-80-54-23-15-13-21-46(49)54)65-58(74)42-26-24-41(25-27-42)57(73)64-43-32-50(59(75)66-48-28-30-79-53-22-14-12-20-45(48)53)69(35-43)61(77)47(34-52(71)38(3)63-4)39-16-8-6-9-17-39/h12-15,20-27,37-40,43-44,47-51,55,63H,5-11,16-19,28-36H2,1-4H3,(H,64,73)(H,65,74)(H,66,75)(H,67,76)(H,68,72)/t37-,38+,43+,44+,47+,48+,49+,50+,51+,55+/m1/s1. The Labute approximate surface area is 480 Å². The first kappa shape index (κ1) is 58.9. The Morgan fingerprint density at radius 2 is 1.04 bits per heavy atom. The number of fused-ring (bicyclic) bond motifs is 2. The molecule has 16 nitrogen and oxygen atoms in total. The lowest BCUT2D eigenvalue weighted by Crippen LogP contribution is -2.57. The molecule has 0 unspecified atom stereocenters. The van der Waals surface area contributed by atoms with E-state index in [2.05, 4.69) is 44.0 Å². The zero-order valence-electron chi connectivity index (χ0n) is 47.0. The first-order valence-electron chi connectivity index (χ1n) is 29.6. The van der Waals surface area contributed by atoms with Crippen LogP contribution in [0.4, 0.5) is 0 Å². The van der Waals surface area contributed by atoms with Gasteiger partial charge in [0.2, 0.25) is 29.5 Å². The summed E-state index contributed by atoms with van der Waals surface area (Å²) in [7, 11) is 1.73. The second-order valence-corrected chi connectivity index (χ2v) is 25.5. The van der Waals surface area contributed by atoms with Gasteiger partial charge in [-0.3, -0.25) is 38.4 Å². The summed E-state index contributed by atoms with van der Waals surface area (Å²) in [6.45, 7) is 5.76. The second kappa shape index (κ2) is 27.4. The third-order valence-corrected chi connectivity index (χ3v) is 20.3. The lowest BCUT2D eigenvalue weighted by molar-refractivity contribution is -0.145. The highest BCUT2D eigenvalue weighted by molar-refractivity contribution is 7.99. The Hall–Kier alpha value is -5.72. The number of ketones is 1. The first-order chi connectivity index (χ1) is 38.7. The number of Topliss-reactive ketones (excluding diaryl/α,β-unsaturated/α-hetero) is 1. The second-order valence-electron chi connectivity index (χ2n) is 23.3. The van der Waals surface area contributed by atoms with Crippen LogP contribution in [0.5, 0.6) is 0 Å². The summed E-state index contributed by atoms with van der Waals surface area (Å²) in [5.41, 5.74) is 2.63. The monoisotopic (exact) mass is 1130 g/mol. The van der Waals surface area contributed by atoms with Gasteiger partial charge < -0.3 is 41.7 Å². The largest absolute Gasteiger partial charge is 0.347 e. The van der Waals surface area contributed by atoms with Crippen molar-refractivity contribution in [2.45, 2.75) is 182 Å². The van der Waals surface area contributed by atoms with E-state index in [1.807, 2.05) is 50.2 Å². The van der Waals surface area contributed by atoms with E-state index in [-0.39, 0.29) is 109 Å². The van der Waals surface area contributed by atoms with Crippen LogP contribution >= 0.6 is 23.5 Å². The fraction of sp³-hybridized carbons (Fsp3) is 0.581. The molecule has 10 atom stereocenters. The number of benzene rings is 3. The summed E-state index contributed by atoms with van der Waals surface area (Å²) >= 11 is 3.50. The molecule has 4 heterocycles. The van der Waals surface area contributed by atoms with Crippen molar-refractivity contribution >= 4 is 70.7 Å². The molecule has 0 radical (unpaired) electrons. The van der Waals surface area contributed by atoms with Crippen LogP contribution in [0, 0.1) is 23.7 Å². The van der Waals surface area contributed by atoms with E-state index in [4.69, 9.17) is 0 Å². The fourth-order valence-electron chi connectivity index (χ4n) is 13.0. The molecule has 9 rings (SSSR count). The van der Waals surface area contributed by atoms with Crippen LogP contribution in [0.15, 0.2) is 82.6 Å². The van der Waals surface area contributed by atoms with Gasteiger partial charge in [0, 0.05) is 75.9 Å². The van der Waals surface area contributed by atoms with E-state index in [0.717, 1.165) is 109 Å². The van der Waals surface area contributed by atoms with Gasteiger partial charge in [-0.25, -0.2) is 0 Å². The maximum Gasteiger partial charge on any atom is 0.251 e. The molecule has 0 spiro atoms. The van der Waals surface area contributed by atoms with Crippen LogP contribution in [-0.2, 0) is 28.8 Å².